The summed E-state index contributed by atoms with van der Waals surface area (Å²) in [5, 5.41) is 3.31. The van der Waals surface area contributed by atoms with Crippen LogP contribution < -0.4 is 10.2 Å². The summed E-state index contributed by atoms with van der Waals surface area (Å²) in [5.41, 5.74) is 1.96. The largest absolute Gasteiger partial charge is 0.366 e. The Morgan fingerprint density at radius 1 is 1.19 bits per heavy atom. The molecule has 0 saturated carbocycles. The number of sulfone groups is 1. The van der Waals surface area contributed by atoms with E-state index in [0.29, 0.717) is 6.42 Å². The van der Waals surface area contributed by atoms with E-state index in [1.807, 2.05) is 13.8 Å². The molecule has 2 aliphatic rings. The Kier molecular flexibility index (Phi) is 3.77. The second-order valence-electron chi connectivity index (χ2n) is 6.02. The standard InChI is InChI=1S/C14H22N4O2S/c1-10-11(2)15-14(18-6-3-4-7-18)17-13(10)16-12-5-8-21(19,20)9-12/h12H,3-9H2,1-2H3,(H,15,16,17). The molecule has 3 rings (SSSR count). The van der Waals surface area contributed by atoms with Crippen molar-refractivity contribution in [1.82, 2.24) is 9.97 Å². The van der Waals surface area contributed by atoms with Gasteiger partial charge in [-0.1, -0.05) is 0 Å². The fraction of sp³-hybridized carbons (Fsp3) is 0.714. The van der Waals surface area contributed by atoms with E-state index in [1.54, 1.807) is 0 Å². The molecule has 1 N–H and O–H groups in total. The molecule has 6 nitrogen and oxygen atoms in total. The normalized spacial score (nSPS) is 24.5. The van der Waals surface area contributed by atoms with Gasteiger partial charge in [0.15, 0.2) is 9.84 Å². The van der Waals surface area contributed by atoms with Crippen LogP contribution in [0.1, 0.15) is 30.5 Å². The van der Waals surface area contributed by atoms with Crippen molar-refractivity contribution in [3.05, 3.63) is 11.3 Å². The monoisotopic (exact) mass is 310 g/mol. The first-order chi connectivity index (χ1) is 9.94. The van der Waals surface area contributed by atoms with Crippen molar-refractivity contribution in [3.8, 4) is 0 Å². The van der Waals surface area contributed by atoms with Crippen molar-refractivity contribution >= 4 is 21.6 Å². The molecule has 1 aromatic heterocycles. The predicted molar refractivity (Wildman–Crippen MR) is 83.6 cm³/mol. The predicted octanol–water partition coefficient (Wildman–Crippen LogP) is 1.29. The van der Waals surface area contributed by atoms with E-state index in [0.717, 1.165) is 36.1 Å². The zero-order valence-electron chi connectivity index (χ0n) is 12.6. The lowest BCUT2D eigenvalue weighted by atomic mass is 10.2. The molecule has 21 heavy (non-hydrogen) atoms. The van der Waals surface area contributed by atoms with Crippen LogP contribution in [-0.4, -0.2) is 49.0 Å². The van der Waals surface area contributed by atoms with Crippen molar-refractivity contribution in [1.29, 1.82) is 0 Å². The highest BCUT2D eigenvalue weighted by Crippen LogP contribution is 2.24. The Balaban J connectivity index is 1.83. The van der Waals surface area contributed by atoms with Gasteiger partial charge in [-0.3, -0.25) is 0 Å². The summed E-state index contributed by atoms with van der Waals surface area (Å²) >= 11 is 0. The number of aromatic nitrogens is 2. The average molecular weight is 310 g/mol. The van der Waals surface area contributed by atoms with Gasteiger partial charge in [0.05, 0.1) is 11.5 Å². The van der Waals surface area contributed by atoms with Gasteiger partial charge in [-0.15, -0.1) is 0 Å². The molecule has 2 aliphatic heterocycles. The van der Waals surface area contributed by atoms with Crippen molar-refractivity contribution in [3.63, 3.8) is 0 Å². The Hall–Kier alpha value is -1.37. The zero-order valence-corrected chi connectivity index (χ0v) is 13.4. The first-order valence-corrected chi connectivity index (χ1v) is 9.34. The van der Waals surface area contributed by atoms with Crippen LogP contribution in [-0.2, 0) is 9.84 Å². The first kappa shape index (κ1) is 14.6. The molecule has 0 aromatic carbocycles. The number of nitrogens with zero attached hydrogens (tertiary/aromatic N) is 3. The van der Waals surface area contributed by atoms with Crippen LogP contribution in [0.25, 0.3) is 0 Å². The van der Waals surface area contributed by atoms with Gasteiger partial charge in [0.1, 0.15) is 5.82 Å². The minimum Gasteiger partial charge on any atom is -0.366 e. The maximum absolute atomic E-state index is 11.6. The van der Waals surface area contributed by atoms with Gasteiger partial charge >= 0.3 is 0 Å². The van der Waals surface area contributed by atoms with Crippen LogP contribution in [0.4, 0.5) is 11.8 Å². The van der Waals surface area contributed by atoms with E-state index in [2.05, 4.69) is 20.2 Å². The summed E-state index contributed by atoms with van der Waals surface area (Å²) in [5.74, 6) is 2.02. The van der Waals surface area contributed by atoms with Crippen LogP contribution >= 0.6 is 0 Å². The van der Waals surface area contributed by atoms with Crippen molar-refractivity contribution in [2.75, 3.05) is 34.8 Å². The summed E-state index contributed by atoms with van der Waals surface area (Å²) in [6.45, 7) is 5.96. The Morgan fingerprint density at radius 3 is 2.52 bits per heavy atom. The van der Waals surface area contributed by atoms with E-state index < -0.39 is 9.84 Å². The fourth-order valence-electron chi connectivity index (χ4n) is 2.92. The summed E-state index contributed by atoms with van der Waals surface area (Å²) < 4.78 is 23.2. The first-order valence-electron chi connectivity index (χ1n) is 7.52. The van der Waals surface area contributed by atoms with Gasteiger partial charge in [-0.2, -0.15) is 4.98 Å². The lowest BCUT2D eigenvalue weighted by molar-refractivity contribution is 0.602. The minimum atomic E-state index is -2.88. The number of aryl methyl sites for hydroxylation is 1. The molecule has 1 unspecified atom stereocenters. The molecule has 0 bridgehead atoms. The number of hydrogen-bond acceptors (Lipinski definition) is 6. The molecule has 0 radical (unpaired) electrons. The molecule has 116 valence electrons. The fourth-order valence-corrected chi connectivity index (χ4v) is 4.59. The van der Waals surface area contributed by atoms with Crippen LogP contribution in [0.2, 0.25) is 0 Å². The van der Waals surface area contributed by atoms with Crippen molar-refractivity contribution in [2.45, 2.75) is 39.2 Å². The van der Waals surface area contributed by atoms with E-state index in [4.69, 9.17) is 0 Å². The van der Waals surface area contributed by atoms with Crippen LogP contribution in [0, 0.1) is 13.8 Å². The summed E-state index contributed by atoms with van der Waals surface area (Å²) in [7, 11) is -2.88. The lowest BCUT2D eigenvalue weighted by Crippen LogP contribution is -2.25. The SMILES string of the molecule is Cc1nc(N2CCCC2)nc(NC2CCS(=O)(=O)C2)c1C. The van der Waals surface area contributed by atoms with E-state index >= 15 is 0 Å². The van der Waals surface area contributed by atoms with E-state index in [-0.39, 0.29) is 17.5 Å². The molecule has 0 amide bonds. The molecule has 1 atom stereocenters. The number of anilines is 2. The molecular weight excluding hydrogens is 288 g/mol. The molecular formula is C14H22N4O2S. The molecule has 7 heteroatoms. The van der Waals surface area contributed by atoms with Gasteiger partial charge in [-0.05, 0) is 33.1 Å². The third-order valence-electron chi connectivity index (χ3n) is 4.34. The molecule has 0 spiro atoms. The van der Waals surface area contributed by atoms with Crippen LogP contribution in [0.15, 0.2) is 0 Å². The van der Waals surface area contributed by atoms with Crippen molar-refractivity contribution in [2.24, 2.45) is 0 Å². The van der Waals surface area contributed by atoms with E-state index in [9.17, 15) is 8.42 Å². The Morgan fingerprint density at radius 2 is 1.90 bits per heavy atom. The summed E-state index contributed by atoms with van der Waals surface area (Å²) in [6.07, 6.45) is 3.02. The number of hydrogen-bond donors (Lipinski definition) is 1. The highest BCUT2D eigenvalue weighted by molar-refractivity contribution is 7.91. The zero-order chi connectivity index (χ0) is 15.0. The number of nitrogens with one attached hydrogen (secondary N) is 1. The molecule has 2 fully saturated rings. The Bertz CT molecular complexity index is 639. The molecule has 1 aromatic rings. The van der Waals surface area contributed by atoms with Gasteiger partial charge < -0.3 is 10.2 Å². The average Bonchev–Trinajstić information content (AvgIpc) is 3.04. The summed E-state index contributed by atoms with van der Waals surface area (Å²) in [4.78, 5) is 11.4. The topological polar surface area (TPSA) is 75.2 Å². The van der Waals surface area contributed by atoms with Crippen LogP contribution in [0.5, 0.6) is 0 Å². The lowest BCUT2D eigenvalue weighted by Gasteiger charge is -2.20. The smallest absolute Gasteiger partial charge is 0.227 e. The number of rotatable bonds is 3. The quantitative estimate of drug-likeness (QED) is 0.907. The molecule has 0 aliphatic carbocycles. The highest BCUT2D eigenvalue weighted by Gasteiger charge is 2.29. The third-order valence-corrected chi connectivity index (χ3v) is 6.11. The Labute approximate surface area is 125 Å². The maximum atomic E-state index is 11.6. The molecule has 2 saturated heterocycles. The van der Waals surface area contributed by atoms with E-state index in [1.165, 1.54) is 12.8 Å². The minimum absolute atomic E-state index is 0.0329. The second-order valence-corrected chi connectivity index (χ2v) is 8.25. The van der Waals surface area contributed by atoms with Crippen molar-refractivity contribution < 1.29 is 8.42 Å². The van der Waals surface area contributed by atoms with Gasteiger partial charge in [0.25, 0.3) is 0 Å². The van der Waals surface area contributed by atoms with Gasteiger partial charge in [-0.25, -0.2) is 13.4 Å². The van der Waals surface area contributed by atoms with Crippen LogP contribution in [0.3, 0.4) is 0 Å². The highest BCUT2D eigenvalue weighted by atomic mass is 32.2. The maximum Gasteiger partial charge on any atom is 0.227 e. The third kappa shape index (κ3) is 3.12. The summed E-state index contributed by atoms with van der Waals surface area (Å²) in [6, 6.07) is -0.0329. The van der Waals surface area contributed by atoms with Gasteiger partial charge in [0, 0.05) is 30.4 Å². The second kappa shape index (κ2) is 5.44. The van der Waals surface area contributed by atoms with Gasteiger partial charge in [0.2, 0.25) is 5.95 Å². The molecule has 3 heterocycles.